The van der Waals surface area contributed by atoms with Crippen LogP contribution in [0.4, 0.5) is 0 Å². The molecule has 0 fully saturated rings. The highest BCUT2D eigenvalue weighted by atomic mass is 16.4. The summed E-state index contributed by atoms with van der Waals surface area (Å²) in [6.45, 7) is 7.86. The summed E-state index contributed by atoms with van der Waals surface area (Å²) in [5, 5.41) is 8.77. The zero-order valence-corrected chi connectivity index (χ0v) is 8.59. The van der Waals surface area contributed by atoms with E-state index in [-0.39, 0.29) is 5.54 Å². The molecule has 3 heteroatoms. The Morgan fingerprint density at radius 3 is 2.25 bits per heavy atom. The number of likely N-dealkylation sites (N-methyl/N-ethyl adjacent to an activating group) is 1. The fraction of sp³-hybridized carbons (Fsp3) is 0.889. The Morgan fingerprint density at radius 2 is 2.00 bits per heavy atom. The number of carbonyl (C=O) groups is 1. The fourth-order valence-electron chi connectivity index (χ4n) is 0.939. The minimum Gasteiger partial charge on any atom is -0.480 e. The van der Waals surface area contributed by atoms with Crippen molar-refractivity contribution in [3.05, 3.63) is 0 Å². The summed E-state index contributed by atoms with van der Waals surface area (Å²) in [4.78, 5) is 12.5. The van der Waals surface area contributed by atoms with Gasteiger partial charge in [0.05, 0.1) is 0 Å². The van der Waals surface area contributed by atoms with E-state index in [4.69, 9.17) is 5.11 Å². The van der Waals surface area contributed by atoms with E-state index in [0.29, 0.717) is 0 Å². The molecule has 1 N–H and O–H groups in total. The van der Waals surface area contributed by atoms with Crippen LogP contribution in [-0.2, 0) is 4.79 Å². The van der Waals surface area contributed by atoms with Crippen molar-refractivity contribution in [3.63, 3.8) is 0 Å². The van der Waals surface area contributed by atoms with Gasteiger partial charge < -0.3 is 5.11 Å². The first kappa shape index (κ1) is 11.4. The van der Waals surface area contributed by atoms with Gasteiger partial charge in [-0.1, -0.05) is 6.92 Å². The first-order chi connectivity index (χ1) is 5.33. The number of hydrogen-bond donors (Lipinski definition) is 1. The topological polar surface area (TPSA) is 40.5 Å². The van der Waals surface area contributed by atoms with Crippen LogP contribution in [0.25, 0.3) is 0 Å². The molecule has 0 aromatic carbocycles. The SMILES string of the molecule is CCC(C)(C)N(C)C(C)C(=O)O. The van der Waals surface area contributed by atoms with E-state index in [9.17, 15) is 4.79 Å². The van der Waals surface area contributed by atoms with Crippen LogP contribution in [0.15, 0.2) is 0 Å². The highest BCUT2D eigenvalue weighted by Crippen LogP contribution is 2.18. The smallest absolute Gasteiger partial charge is 0.320 e. The molecule has 0 rings (SSSR count). The molecule has 1 unspecified atom stereocenters. The van der Waals surface area contributed by atoms with E-state index in [1.807, 2.05) is 25.8 Å². The number of hydrogen-bond acceptors (Lipinski definition) is 2. The number of carboxylic acid groups (broad SMARTS) is 1. The largest absolute Gasteiger partial charge is 0.480 e. The Hall–Kier alpha value is -0.570. The van der Waals surface area contributed by atoms with Crippen LogP contribution >= 0.6 is 0 Å². The second-order valence-electron chi connectivity index (χ2n) is 3.79. The normalized spacial score (nSPS) is 14.8. The van der Waals surface area contributed by atoms with Gasteiger partial charge in [0, 0.05) is 5.54 Å². The second-order valence-corrected chi connectivity index (χ2v) is 3.79. The predicted molar refractivity (Wildman–Crippen MR) is 49.2 cm³/mol. The molecule has 0 aliphatic rings. The number of aliphatic carboxylic acids is 1. The maximum Gasteiger partial charge on any atom is 0.320 e. The average molecular weight is 173 g/mol. The zero-order valence-electron chi connectivity index (χ0n) is 8.59. The summed E-state index contributed by atoms with van der Waals surface area (Å²) in [7, 11) is 1.85. The van der Waals surface area contributed by atoms with Crippen LogP contribution < -0.4 is 0 Å². The predicted octanol–water partition coefficient (Wildman–Crippen LogP) is 1.58. The third-order valence-corrected chi connectivity index (χ3v) is 2.76. The molecule has 12 heavy (non-hydrogen) atoms. The Balaban J connectivity index is 4.37. The Labute approximate surface area is 74.4 Å². The Morgan fingerprint density at radius 1 is 1.58 bits per heavy atom. The summed E-state index contributed by atoms with van der Waals surface area (Å²) in [5.41, 5.74) is -0.0438. The zero-order chi connectivity index (χ0) is 9.94. The van der Waals surface area contributed by atoms with Crippen LogP contribution in [0.5, 0.6) is 0 Å². The molecule has 1 atom stereocenters. The van der Waals surface area contributed by atoms with E-state index < -0.39 is 12.0 Å². The molecule has 72 valence electrons. The van der Waals surface area contributed by atoms with E-state index in [1.54, 1.807) is 6.92 Å². The Kier molecular flexibility index (Phi) is 3.71. The molecule has 0 bridgehead atoms. The summed E-state index contributed by atoms with van der Waals surface area (Å²) in [6, 6.07) is -0.417. The molecular weight excluding hydrogens is 154 g/mol. The van der Waals surface area contributed by atoms with Gasteiger partial charge >= 0.3 is 5.97 Å². The van der Waals surface area contributed by atoms with Crippen molar-refractivity contribution in [2.45, 2.75) is 45.7 Å². The molecule has 0 aromatic heterocycles. The highest BCUT2D eigenvalue weighted by molar-refractivity contribution is 5.72. The molecule has 0 aliphatic carbocycles. The van der Waals surface area contributed by atoms with Crippen LogP contribution in [0.2, 0.25) is 0 Å². The molecule has 0 heterocycles. The highest BCUT2D eigenvalue weighted by Gasteiger charge is 2.28. The van der Waals surface area contributed by atoms with Crippen molar-refractivity contribution < 1.29 is 9.90 Å². The van der Waals surface area contributed by atoms with Gasteiger partial charge in [-0.3, -0.25) is 9.69 Å². The van der Waals surface area contributed by atoms with E-state index >= 15 is 0 Å². The maximum absolute atomic E-state index is 10.7. The molecule has 0 saturated carbocycles. The van der Waals surface area contributed by atoms with E-state index in [2.05, 4.69) is 6.92 Å². The summed E-state index contributed by atoms with van der Waals surface area (Å²) in [6.07, 6.45) is 0.946. The van der Waals surface area contributed by atoms with E-state index in [1.165, 1.54) is 0 Å². The fourth-order valence-corrected chi connectivity index (χ4v) is 0.939. The maximum atomic E-state index is 10.7. The molecule has 0 aromatic rings. The van der Waals surface area contributed by atoms with Crippen molar-refractivity contribution in [3.8, 4) is 0 Å². The van der Waals surface area contributed by atoms with Gasteiger partial charge in [0.25, 0.3) is 0 Å². The van der Waals surface area contributed by atoms with E-state index in [0.717, 1.165) is 6.42 Å². The third kappa shape index (κ3) is 2.48. The summed E-state index contributed by atoms with van der Waals surface area (Å²) < 4.78 is 0. The van der Waals surface area contributed by atoms with Crippen LogP contribution in [0.3, 0.4) is 0 Å². The number of nitrogens with zero attached hydrogens (tertiary/aromatic N) is 1. The van der Waals surface area contributed by atoms with Crippen molar-refractivity contribution in [1.29, 1.82) is 0 Å². The average Bonchev–Trinajstić information content (AvgIpc) is 2.01. The molecule has 0 saturated heterocycles. The quantitative estimate of drug-likeness (QED) is 0.701. The number of carboxylic acids is 1. The lowest BCUT2D eigenvalue weighted by atomic mass is 9.98. The monoisotopic (exact) mass is 173 g/mol. The third-order valence-electron chi connectivity index (χ3n) is 2.76. The van der Waals surface area contributed by atoms with Gasteiger partial charge in [0.15, 0.2) is 0 Å². The van der Waals surface area contributed by atoms with Gasteiger partial charge in [-0.15, -0.1) is 0 Å². The van der Waals surface area contributed by atoms with Crippen molar-refractivity contribution >= 4 is 5.97 Å². The van der Waals surface area contributed by atoms with Crippen molar-refractivity contribution in [1.82, 2.24) is 4.90 Å². The van der Waals surface area contributed by atoms with Gasteiger partial charge in [0.2, 0.25) is 0 Å². The summed E-state index contributed by atoms with van der Waals surface area (Å²) >= 11 is 0. The molecule has 0 aliphatic heterocycles. The van der Waals surface area contributed by atoms with Gasteiger partial charge in [0.1, 0.15) is 6.04 Å². The minimum absolute atomic E-state index is 0.0438. The standard InChI is InChI=1S/C9H19NO2/c1-6-9(3,4)10(5)7(2)8(11)12/h7H,6H2,1-5H3,(H,11,12). The first-order valence-corrected chi connectivity index (χ1v) is 4.28. The first-order valence-electron chi connectivity index (χ1n) is 4.28. The lowest BCUT2D eigenvalue weighted by Crippen LogP contribution is -2.48. The lowest BCUT2D eigenvalue weighted by molar-refractivity contribution is -0.144. The molecular formula is C9H19NO2. The number of rotatable bonds is 4. The molecule has 0 amide bonds. The van der Waals surface area contributed by atoms with Crippen molar-refractivity contribution in [2.24, 2.45) is 0 Å². The van der Waals surface area contributed by atoms with Gasteiger partial charge in [-0.05, 0) is 34.2 Å². The summed E-state index contributed by atoms with van der Waals surface area (Å²) in [5.74, 6) is -0.765. The molecule has 0 spiro atoms. The lowest BCUT2D eigenvalue weighted by Gasteiger charge is -2.37. The van der Waals surface area contributed by atoms with Crippen LogP contribution in [0, 0.1) is 0 Å². The molecule has 3 nitrogen and oxygen atoms in total. The van der Waals surface area contributed by atoms with Crippen LogP contribution in [0.1, 0.15) is 34.1 Å². The second kappa shape index (κ2) is 3.90. The molecule has 0 radical (unpaired) electrons. The van der Waals surface area contributed by atoms with Gasteiger partial charge in [-0.25, -0.2) is 0 Å². The Bertz CT molecular complexity index is 166. The van der Waals surface area contributed by atoms with Crippen LogP contribution in [-0.4, -0.2) is 34.6 Å². The van der Waals surface area contributed by atoms with Crippen molar-refractivity contribution in [2.75, 3.05) is 7.05 Å². The van der Waals surface area contributed by atoms with Gasteiger partial charge in [-0.2, -0.15) is 0 Å². The minimum atomic E-state index is -0.765.